The molecule has 0 aliphatic heterocycles. The summed E-state index contributed by atoms with van der Waals surface area (Å²) < 4.78 is 16.1. The first-order chi connectivity index (χ1) is 10.1. The van der Waals surface area contributed by atoms with Gasteiger partial charge in [0.05, 0.1) is 25.2 Å². The van der Waals surface area contributed by atoms with Crippen LogP contribution in [0.1, 0.15) is 54.9 Å². The molecule has 0 bridgehead atoms. The Morgan fingerprint density at radius 1 is 0.955 bits per heavy atom. The number of carbonyl (C=O) groups excluding carboxylic acids is 2. The summed E-state index contributed by atoms with van der Waals surface area (Å²) >= 11 is 0. The van der Waals surface area contributed by atoms with E-state index < -0.39 is 5.41 Å². The lowest BCUT2D eigenvalue weighted by atomic mass is 9.93. The molecule has 130 valence electrons. The van der Waals surface area contributed by atoms with Gasteiger partial charge in [0, 0.05) is 0 Å². The molecule has 0 heterocycles. The van der Waals surface area contributed by atoms with E-state index in [0.717, 1.165) is 6.42 Å². The Labute approximate surface area is 134 Å². The van der Waals surface area contributed by atoms with E-state index in [4.69, 9.17) is 14.2 Å². The van der Waals surface area contributed by atoms with Crippen LogP contribution in [-0.4, -0.2) is 37.9 Å². The van der Waals surface area contributed by atoms with Gasteiger partial charge in [0.15, 0.2) is 0 Å². The van der Waals surface area contributed by atoms with Crippen molar-refractivity contribution < 1.29 is 23.8 Å². The molecule has 1 unspecified atom stereocenters. The molecule has 0 radical (unpaired) electrons. The maximum atomic E-state index is 12.3. The maximum Gasteiger partial charge on any atom is 0.317 e. The molecule has 0 rings (SSSR count). The lowest BCUT2D eigenvalue weighted by Gasteiger charge is -2.28. The van der Waals surface area contributed by atoms with Gasteiger partial charge in [-0.25, -0.2) is 0 Å². The van der Waals surface area contributed by atoms with Crippen molar-refractivity contribution in [3.63, 3.8) is 0 Å². The normalized spacial score (nSPS) is 14.3. The zero-order valence-electron chi connectivity index (χ0n) is 15.1. The summed E-state index contributed by atoms with van der Waals surface area (Å²) in [5, 5.41) is 0. The molecule has 0 aromatic carbocycles. The van der Waals surface area contributed by atoms with Gasteiger partial charge in [0.2, 0.25) is 0 Å². The van der Waals surface area contributed by atoms with Crippen LogP contribution in [0, 0.1) is 17.3 Å². The number of hydrogen-bond acceptors (Lipinski definition) is 5. The van der Waals surface area contributed by atoms with E-state index in [1.165, 1.54) is 0 Å². The first-order valence-electron chi connectivity index (χ1n) is 8.04. The standard InChI is InChI=1S/C17H32O5/c1-12(2)8-9-20-16(19)17(7,10-21-14(5)6)11-22-15(18)13(3)4/h12-14H,8-11H2,1-7H3. The van der Waals surface area contributed by atoms with E-state index >= 15 is 0 Å². The average molecular weight is 316 g/mol. The van der Waals surface area contributed by atoms with Crippen molar-refractivity contribution in [3.8, 4) is 0 Å². The van der Waals surface area contributed by atoms with Crippen molar-refractivity contribution in [2.45, 2.75) is 61.0 Å². The Balaban J connectivity index is 4.69. The first-order valence-corrected chi connectivity index (χ1v) is 8.04. The summed E-state index contributed by atoms with van der Waals surface area (Å²) in [7, 11) is 0. The minimum atomic E-state index is -0.980. The minimum absolute atomic E-state index is 0.0106. The largest absolute Gasteiger partial charge is 0.465 e. The van der Waals surface area contributed by atoms with Gasteiger partial charge in [-0.05, 0) is 33.1 Å². The summed E-state index contributed by atoms with van der Waals surface area (Å²) in [4.78, 5) is 24.0. The number of esters is 2. The van der Waals surface area contributed by atoms with Crippen molar-refractivity contribution in [3.05, 3.63) is 0 Å². The summed E-state index contributed by atoms with van der Waals surface area (Å²) in [6.07, 6.45) is 0.794. The van der Waals surface area contributed by atoms with E-state index in [9.17, 15) is 9.59 Å². The number of rotatable bonds is 10. The van der Waals surface area contributed by atoms with E-state index in [1.807, 2.05) is 13.8 Å². The molecule has 0 spiro atoms. The summed E-state index contributed by atoms with van der Waals surface area (Å²) in [6, 6.07) is 0. The highest BCUT2D eigenvalue weighted by Gasteiger charge is 2.37. The topological polar surface area (TPSA) is 61.8 Å². The molecule has 0 aliphatic rings. The Morgan fingerprint density at radius 2 is 1.55 bits per heavy atom. The smallest absolute Gasteiger partial charge is 0.317 e. The highest BCUT2D eigenvalue weighted by Crippen LogP contribution is 2.22. The van der Waals surface area contributed by atoms with Crippen LogP contribution in [0.25, 0.3) is 0 Å². The third kappa shape index (κ3) is 8.37. The number of hydrogen-bond donors (Lipinski definition) is 0. The average Bonchev–Trinajstić information content (AvgIpc) is 2.41. The third-order valence-electron chi connectivity index (χ3n) is 3.16. The highest BCUT2D eigenvalue weighted by atomic mass is 16.6. The molecule has 0 aromatic rings. The lowest BCUT2D eigenvalue weighted by Crippen LogP contribution is -2.41. The molecule has 0 N–H and O–H groups in total. The zero-order chi connectivity index (χ0) is 17.3. The molecule has 0 aromatic heterocycles. The van der Waals surface area contributed by atoms with Crippen molar-refractivity contribution in [1.29, 1.82) is 0 Å². The molecule has 0 aliphatic carbocycles. The monoisotopic (exact) mass is 316 g/mol. The molecule has 22 heavy (non-hydrogen) atoms. The van der Waals surface area contributed by atoms with Crippen LogP contribution in [0.4, 0.5) is 0 Å². The Kier molecular flexibility index (Phi) is 9.33. The molecule has 0 fully saturated rings. The van der Waals surface area contributed by atoms with Crippen LogP contribution < -0.4 is 0 Å². The molecule has 0 saturated heterocycles. The molecular weight excluding hydrogens is 284 g/mol. The second-order valence-electron chi connectivity index (χ2n) is 7.00. The Hall–Kier alpha value is -1.10. The summed E-state index contributed by atoms with van der Waals surface area (Å²) in [6.45, 7) is 13.6. The van der Waals surface area contributed by atoms with Crippen LogP contribution in [0.2, 0.25) is 0 Å². The highest BCUT2D eigenvalue weighted by molar-refractivity contribution is 5.78. The third-order valence-corrected chi connectivity index (χ3v) is 3.16. The summed E-state index contributed by atoms with van der Waals surface area (Å²) in [5.41, 5.74) is -0.980. The quantitative estimate of drug-likeness (QED) is 0.579. The van der Waals surface area contributed by atoms with E-state index in [0.29, 0.717) is 12.5 Å². The van der Waals surface area contributed by atoms with Gasteiger partial charge in [-0.2, -0.15) is 0 Å². The SMILES string of the molecule is CC(C)CCOC(=O)C(C)(COC(=O)C(C)C)COC(C)C. The van der Waals surface area contributed by atoms with Crippen LogP contribution in [-0.2, 0) is 23.8 Å². The Morgan fingerprint density at radius 3 is 2.00 bits per heavy atom. The van der Waals surface area contributed by atoms with Gasteiger partial charge in [0.1, 0.15) is 12.0 Å². The van der Waals surface area contributed by atoms with Gasteiger partial charge in [0.25, 0.3) is 0 Å². The van der Waals surface area contributed by atoms with Crippen LogP contribution in [0.15, 0.2) is 0 Å². The fourth-order valence-corrected chi connectivity index (χ4v) is 1.47. The van der Waals surface area contributed by atoms with Crippen molar-refractivity contribution in [2.75, 3.05) is 19.8 Å². The fraction of sp³-hybridized carbons (Fsp3) is 0.882. The van der Waals surface area contributed by atoms with Gasteiger partial charge >= 0.3 is 11.9 Å². The van der Waals surface area contributed by atoms with Crippen molar-refractivity contribution in [2.24, 2.45) is 17.3 Å². The second kappa shape index (κ2) is 9.82. The molecule has 0 amide bonds. The van der Waals surface area contributed by atoms with Crippen LogP contribution >= 0.6 is 0 Å². The van der Waals surface area contributed by atoms with E-state index in [-0.39, 0.29) is 37.2 Å². The molecule has 0 saturated carbocycles. The maximum absolute atomic E-state index is 12.3. The van der Waals surface area contributed by atoms with Crippen molar-refractivity contribution in [1.82, 2.24) is 0 Å². The van der Waals surface area contributed by atoms with E-state index in [1.54, 1.807) is 20.8 Å². The zero-order valence-corrected chi connectivity index (χ0v) is 15.1. The molecule has 5 nitrogen and oxygen atoms in total. The second-order valence-corrected chi connectivity index (χ2v) is 7.00. The molecule has 1 atom stereocenters. The van der Waals surface area contributed by atoms with Gasteiger partial charge in [-0.3, -0.25) is 9.59 Å². The number of ether oxygens (including phenoxy) is 3. The predicted molar refractivity (Wildman–Crippen MR) is 85.4 cm³/mol. The molecule has 5 heteroatoms. The van der Waals surface area contributed by atoms with Gasteiger partial charge in [-0.15, -0.1) is 0 Å². The van der Waals surface area contributed by atoms with Gasteiger partial charge < -0.3 is 14.2 Å². The predicted octanol–water partition coefficient (Wildman–Crippen LogP) is 3.21. The van der Waals surface area contributed by atoms with E-state index in [2.05, 4.69) is 13.8 Å². The fourth-order valence-electron chi connectivity index (χ4n) is 1.47. The van der Waals surface area contributed by atoms with Crippen LogP contribution in [0.3, 0.4) is 0 Å². The first kappa shape index (κ1) is 20.9. The molecular formula is C17H32O5. The number of carbonyl (C=O) groups is 2. The van der Waals surface area contributed by atoms with Crippen LogP contribution in [0.5, 0.6) is 0 Å². The Bertz CT molecular complexity index is 349. The van der Waals surface area contributed by atoms with Crippen molar-refractivity contribution >= 4 is 11.9 Å². The summed E-state index contributed by atoms with van der Waals surface area (Å²) in [5.74, 6) is -0.479. The lowest BCUT2D eigenvalue weighted by molar-refractivity contribution is -0.169. The van der Waals surface area contributed by atoms with Gasteiger partial charge in [-0.1, -0.05) is 27.7 Å². The minimum Gasteiger partial charge on any atom is -0.465 e.